The Labute approximate surface area is 68.1 Å². The Bertz CT molecular complexity index is 132. The molecule has 0 rings (SSSR count). The van der Waals surface area contributed by atoms with Gasteiger partial charge in [-0.15, -0.1) is 0 Å². The van der Waals surface area contributed by atoms with Crippen molar-refractivity contribution in [2.45, 2.75) is 0 Å². The predicted octanol–water partition coefficient (Wildman–Crippen LogP) is -1.79. The van der Waals surface area contributed by atoms with Gasteiger partial charge in [0, 0.05) is 0 Å². The zero-order valence-electron chi connectivity index (χ0n) is 5.23. The first-order valence-electron chi connectivity index (χ1n) is 2.11. The summed E-state index contributed by atoms with van der Waals surface area (Å²) in [7, 11) is -4.61. The van der Waals surface area contributed by atoms with E-state index in [4.69, 9.17) is 35.9 Å². The molecule has 0 unspecified atom stereocenters. The molecule has 8 heteroatoms. The van der Waals surface area contributed by atoms with Gasteiger partial charge in [-0.1, -0.05) is 18.2 Å². The quantitative estimate of drug-likeness (QED) is 0.253. The Morgan fingerprint density at radius 3 is 1.36 bits per heavy atom. The third-order valence-corrected chi connectivity index (χ3v) is 0.394. The van der Waals surface area contributed by atoms with Crippen LogP contribution in [0.2, 0.25) is 0 Å². The summed E-state index contributed by atoms with van der Waals surface area (Å²) < 4.78 is 0. The minimum absolute atomic E-state index is 0.352. The van der Waals surface area contributed by atoms with E-state index < -0.39 is 15.0 Å². The molecule has 0 aromatic rings. The fraction of sp³-hybridized carbons (Fsp3) is 0. The van der Waals surface area contributed by atoms with Gasteiger partial charge in [-0.25, -0.2) is 4.79 Å². The van der Waals surface area contributed by atoms with Crippen LogP contribution >= 0.6 is 11.6 Å². The van der Waals surface area contributed by atoms with Gasteiger partial charge in [-0.3, -0.25) is 0 Å². The van der Waals surface area contributed by atoms with Gasteiger partial charge in [-0.2, -0.15) is 0 Å². The standard InChI is InChI=1S/C3H3ClO2.H4O4Si/c1-2(4)3(5)6;1-5(2,3)4/h1H2,(H,5,6);1-4H. The van der Waals surface area contributed by atoms with Gasteiger partial charge in [0.2, 0.25) is 0 Å². The highest BCUT2D eigenvalue weighted by molar-refractivity contribution is 6.46. The number of halogens is 1. The maximum atomic E-state index is 9.47. The van der Waals surface area contributed by atoms with Crippen molar-refractivity contribution in [3.05, 3.63) is 11.6 Å². The number of carboxylic acid groups (broad SMARTS) is 1. The topological polar surface area (TPSA) is 118 Å². The van der Waals surface area contributed by atoms with Gasteiger partial charge < -0.3 is 24.3 Å². The van der Waals surface area contributed by atoms with Crippen molar-refractivity contribution in [1.82, 2.24) is 0 Å². The van der Waals surface area contributed by atoms with E-state index in [1.165, 1.54) is 0 Å². The molecule has 5 N–H and O–H groups in total. The van der Waals surface area contributed by atoms with Crippen LogP contribution in [-0.2, 0) is 4.79 Å². The maximum absolute atomic E-state index is 9.47. The Balaban J connectivity index is 0. The average Bonchev–Trinajstić information content (AvgIpc) is 1.59. The number of hydrogen-bond acceptors (Lipinski definition) is 5. The van der Waals surface area contributed by atoms with Crippen molar-refractivity contribution in [1.29, 1.82) is 0 Å². The first kappa shape index (κ1) is 13.2. The first-order valence-corrected chi connectivity index (χ1v) is 4.28. The predicted molar refractivity (Wildman–Crippen MR) is 37.3 cm³/mol. The molecule has 66 valence electrons. The van der Waals surface area contributed by atoms with Crippen molar-refractivity contribution in [3.63, 3.8) is 0 Å². The van der Waals surface area contributed by atoms with E-state index in [9.17, 15) is 4.79 Å². The molecule has 0 saturated carbocycles. The van der Waals surface area contributed by atoms with Gasteiger partial charge in [-0.05, 0) is 0 Å². The fourth-order valence-electron chi connectivity index (χ4n) is 0. The normalized spacial score (nSPS) is 9.55. The molecule has 0 amide bonds. The second-order valence-corrected chi connectivity index (χ2v) is 2.97. The first-order chi connectivity index (χ1) is 4.64. The Morgan fingerprint density at radius 1 is 1.27 bits per heavy atom. The average molecular weight is 203 g/mol. The summed E-state index contributed by atoms with van der Waals surface area (Å²) in [5.74, 6) is -1.17. The highest BCUT2D eigenvalue weighted by Gasteiger charge is 2.22. The van der Waals surface area contributed by atoms with E-state index in [1.807, 2.05) is 0 Å². The molecule has 0 aliphatic carbocycles. The summed E-state index contributed by atoms with van der Waals surface area (Å²) in [6, 6.07) is 0. The highest BCUT2D eigenvalue weighted by Crippen LogP contribution is 1.92. The van der Waals surface area contributed by atoms with E-state index >= 15 is 0 Å². The molecule has 0 aromatic heterocycles. The van der Waals surface area contributed by atoms with Gasteiger partial charge in [0.15, 0.2) is 0 Å². The van der Waals surface area contributed by atoms with E-state index in [1.54, 1.807) is 0 Å². The number of aliphatic carboxylic acids is 1. The van der Waals surface area contributed by atoms with Crippen molar-refractivity contribution in [3.8, 4) is 0 Å². The lowest BCUT2D eigenvalue weighted by atomic mass is 10.7. The van der Waals surface area contributed by atoms with Crippen LogP contribution in [0.5, 0.6) is 0 Å². The molecular formula is C3H7ClO6Si. The lowest BCUT2D eigenvalue weighted by molar-refractivity contribution is -0.131. The van der Waals surface area contributed by atoms with Gasteiger partial charge in [0.1, 0.15) is 5.03 Å². The van der Waals surface area contributed by atoms with E-state index in [0.717, 1.165) is 0 Å². The maximum Gasteiger partial charge on any atom is 0.668 e. The second kappa shape index (κ2) is 5.24. The van der Waals surface area contributed by atoms with Crippen LogP contribution in [0.1, 0.15) is 0 Å². The van der Waals surface area contributed by atoms with Crippen molar-refractivity contribution in [2.75, 3.05) is 0 Å². The van der Waals surface area contributed by atoms with Gasteiger partial charge in [0.05, 0.1) is 0 Å². The highest BCUT2D eigenvalue weighted by atomic mass is 35.5. The fourth-order valence-corrected chi connectivity index (χ4v) is 0. The summed E-state index contributed by atoms with van der Waals surface area (Å²) in [6.07, 6.45) is 0. The molecule has 0 aromatic carbocycles. The van der Waals surface area contributed by atoms with Crippen LogP contribution in [0, 0.1) is 0 Å². The Hall–Kier alpha value is -0.443. The molecule has 6 nitrogen and oxygen atoms in total. The lowest BCUT2D eigenvalue weighted by Gasteiger charge is -1.91. The Kier molecular flexibility index (Phi) is 6.27. The summed E-state index contributed by atoms with van der Waals surface area (Å²) >= 11 is 4.82. The SMILES string of the molecule is C=C(Cl)C(=O)O.O[Si](O)(O)O. The minimum atomic E-state index is -4.61. The van der Waals surface area contributed by atoms with E-state index in [2.05, 4.69) is 6.58 Å². The molecule has 11 heavy (non-hydrogen) atoms. The molecule has 0 bridgehead atoms. The van der Waals surface area contributed by atoms with Gasteiger partial charge in [0.25, 0.3) is 0 Å². The Morgan fingerprint density at radius 2 is 1.36 bits per heavy atom. The molecule has 0 saturated heterocycles. The van der Waals surface area contributed by atoms with E-state index in [-0.39, 0.29) is 5.03 Å². The summed E-state index contributed by atoms with van der Waals surface area (Å²) in [5, 5.41) is 7.41. The zero-order valence-corrected chi connectivity index (χ0v) is 6.99. The van der Waals surface area contributed by atoms with Crippen molar-refractivity contribution >= 4 is 26.6 Å². The number of carbonyl (C=O) groups is 1. The van der Waals surface area contributed by atoms with Crippen LogP contribution in [0.25, 0.3) is 0 Å². The molecular weight excluding hydrogens is 196 g/mol. The van der Waals surface area contributed by atoms with Crippen molar-refractivity contribution < 1.29 is 29.1 Å². The number of hydrogen-bond donors (Lipinski definition) is 5. The number of rotatable bonds is 1. The summed E-state index contributed by atoms with van der Waals surface area (Å²) in [4.78, 5) is 38.8. The molecule has 0 heterocycles. The van der Waals surface area contributed by atoms with Crippen LogP contribution < -0.4 is 0 Å². The van der Waals surface area contributed by atoms with Crippen LogP contribution in [0.4, 0.5) is 0 Å². The molecule has 0 atom stereocenters. The van der Waals surface area contributed by atoms with Crippen LogP contribution in [0.15, 0.2) is 11.6 Å². The summed E-state index contributed by atoms with van der Waals surface area (Å²) in [5.41, 5.74) is 0. The zero-order chi connectivity index (χ0) is 9.65. The molecule has 0 fully saturated rings. The minimum Gasteiger partial charge on any atom is -0.477 e. The second-order valence-electron chi connectivity index (χ2n) is 1.31. The lowest BCUT2D eigenvalue weighted by Crippen LogP contribution is -2.33. The summed E-state index contributed by atoms with van der Waals surface area (Å²) in [6.45, 7) is 2.92. The largest absolute Gasteiger partial charge is 0.668 e. The van der Waals surface area contributed by atoms with Crippen LogP contribution in [0.3, 0.4) is 0 Å². The van der Waals surface area contributed by atoms with Crippen LogP contribution in [-0.4, -0.2) is 39.3 Å². The van der Waals surface area contributed by atoms with Crippen molar-refractivity contribution in [2.24, 2.45) is 0 Å². The molecule has 0 aliphatic rings. The monoisotopic (exact) mass is 202 g/mol. The molecule has 0 radical (unpaired) electrons. The van der Waals surface area contributed by atoms with E-state index in [0.29, 0.717) is 0 Å². The molecule has 0 spiro atoms. The van der Waals surface area contributed by atoms with Gasteiger partial charge >= 0.3 is 15.0 Å². The molecule has 0 aliphatic heterocycles. The third kappa shape index (κ3) is 43.1. The third-order valence-electron chi connectivity index (χ3n) is 0.232. The smallest absolute Gasteiger partial charge is 0.477 e. The number of carboxylic acids is 1.